The van der Waals surface area contributed by atoms with Gasteiger partial charge in [0.25, 0.3) is 10.1 Å². The topological polar surface area (TPSA) is 93.2 Å². The van der Waals surface area contributed by atoms with E-state index in [-0.39, 0.29) is 13.2 Å². The summed E-state index contributed by atoms with van der Waals surface area (Å²) in [7, 11) is -4.61. The van der Waals surface area contributed by atoms with Gasteiger partial charge in [0.15, 0.2) is 0 Å². The number of nitrogens with zero attached hydrogens (tertiary/aromatic N) is 2. The average molecular weight is 274 g/mol. The van der Waals surface area contributed by atoms with Crippen molar-refractivity contribution in [2.24, 2.45) is 0 Å². The summed E-state index contributed by atoms with van der Waals surface area (Å²) in [5.41, 5.74) is 0. The van der Waals surface area contributed by atoms with Crippen LogP contribution in [0.4, 0.5) is 0 Å². The molecular weight excluding hydrogens is 260 g/mol. The lowest BCUT2D eigenvalue weighted by atomic mass is 10.4. The molecule has 16 heavy (non-hydrogen) atoms. The summed E-state index contributed by atoms with van der Waals surface area (Å²) in [5.74, 6) is 0. The largest absolute Gasteiger partial charge is 0.303 e. The maximum atomic E-state index is 11.6. The Morgan fingerprint density at radius 2 is 1.88 bits per heavy atom. The van der Waals surface area contributed by atoms with E-state index in [9.17, 15) is 16.8 Å². The molecule has 0 unspecified atom stereocenters. The van der Waals surface area contributed by atoms with E-state index in [1.807, 2.05) is 0 Å². The van der Waals surface area contributed by atoms with Crippen LogP contribution in [0.1, 0.15) is 0 Å². The summed E-state index contributed by atoms with van der Waals surface area (Å²) in [6.07, 6.45) is 0.0977. The van der Waals surface area contributed by atoms with Gasteiger partial charge in [0.1, 0.15) is 6.10 Å². The number of hydrogen-bond donors (Lipinski definition) is 0. The van der Waals surface area contributed by atoms with Gasteiger partial charge in [-0.25, -0.2) is 0 Å². The Kier molecular flexibility index (Phi) is 3.92. The predicted molar refractivity (Wildman–Crippen MR) is 55.0 cm³/mol. The molecule has 1 atom stereocenters. The molecule has 0 aliphatic carbocycles. The Morgan fingerprint density at radius 3 is 2.31 bits per heavy atom. The van der Waals surface area contributed by atoms with Crippen molar-refractivity contribution < 1.29 is 25.9 Å². The average Bonchev–Trinajstić information content (AvgIpc) is 2.49. The Bertz CT molecular complexity index is 442. The van der Waals surface area contributed by atoms with Crippen LogP contribution < -0.4 is 0 Å². The van der Waals surface area contributed by atoms with E-state index in [1.165, 1.54) is 14.1 Å². The Balaban J connectivity index is 2.67. The van der Waals surface area contributed by atoms with E-state index in [0.29, 0.717) is 4.47 Å². The van der Waals surface area contributed by atoms with Crippen molar-refractivity contribution in [3.8, 4) is 0 Å². The van der Waals surface area contributed by atoms with E-state index < -0.39 is 26.4 Å². The summed E-state index contributed by atoms with van der Waals surface area (Å²) < 4.78 is 51.1. The first-order chi connectivity index (χ1) is 7.13. The van der Waals surface area contributed by atoms with Gasteiger partial charge in [0.05, 0.1) is 19.4 Å². The third kappa shape index (κ3) is 3.37. The molecule has 1 aliphatic rings. The van der Waals surface area contributed by atoms with Crippen LogP contribution in [0.5, 0.6) is 0 Å². The van der Waals surface area contributed by atoms with Gasteiger partial charge < -0.3 is 0 Å². The van der Waals surface area contributed by atoms with Crippen molar-refractivity contribution in [3.05, 3.63) is 0 Å². The lowest BCUT2D eigenvalue weighted by molar-refractivity contribution is -0.0350. The van der Waals surface area contributed by atoms with E-state index in [4.69, 9.17) is 4.84 Å². The van der Waals surface area contributed by atoms with E-state index in [1.54, 1.807) is 0 Å². The van der Waals surface area contributed by atoms with E-state index >= 15 is 0 Å². The van der Waals surface area contributed by atoms with Crippen LogP contribution in [-0.2, 0) is 29.3 Å². The Labute approximate surface area is 95.0 Å². The molecular formula is C6H14N2O6S2. The van der Waals surface area contributed by atoms with Crippen molar-refractivity contribution in [3.63, 3.8) is 0 Å². The van der Waals surface area contributed by atoms with Crippen LogP contribution in [-0.4, -0.2) is 65.2 Å². The second kappa shape index (κ2) is 4.55. The lowest BCUT2D eigenvalue weighted by Gasteiger charge is -2.18. The van der Waals surface area contributed by atoms with Gasteiger partial charge in [0.2, 0.25) is 0 Å². The molecule has 0 aromatic carbocycles. The minimum atomic E-state index is -3.70. The second-order valence-electron chi connectivity index (χ2n) is 3.49. The van der Waals surface area contributed by atoms with Crippen LogP contribution >= 0.6 is 0 Å². The molecule has 1 rings (SSSR count). The summed E-state index contributed by atoms with van der Waals surface area (Å²) in [4.78, 5) is 4.85. The smallest absolute Gasteiger partial charge is 0.280 e. The first-order valence-electron chi connectivity index (χ1n) is 4.34. The third-order valence-electron chi connectivity index (χ3n) is 1.79. The van der Waals surface area contributed by atoms with E-state index in [2.05, 4.69) is 4.18 Å². The van der Waals surface area contributed by atoms with Crippen molar-refractivity contribution in [1.82, 2.24) is 8.77 Å². The quantitative estimate of drug-likeness (QED) is 0.572. The highest BCUT2D eigenvalue weighted by Gasteiger charge is 2.36. The van der Waals surface area contributed by atoms with Crippen molar-refractivity contribution in [2.45, 2.75) is 6.10 Å². The minimum Gasteiger partial charge on any atom is -0.280 e. The van der Waals surface area contributed by atoms with Gasteiger partial charge in [-0.2, -0.15) is 21.1 Å². The molecule has 0 aromatic rings. The fourth-order valence-electron chi connectivity index (χ4n) is 1.09. The highest BCUT2D eigenvalue weighted by Crippen LogP contribution is 2.16. The molecule has 1 heterocycles. The third-order valence-corrected chi connectivity index (χ3v) is 4.10. The Hall–Kier alpha value is -0.260. The molecule has 8 nitrogen and oxygen atoms in total. The van der Waals surface area contributed by atoms with Crippen LogP contribution in [0, 0.1) is 0 Å². The maximum Gasteiger partial charge on any atom is 0.303 e. The highest BCUT2D eigenvalue weighted by molar-refractivity contribution is 7.86. The Morgan fingerprint density at radius 1 is 1.31 bits per heavy atom. The molecule has 1 fully saturated rings. The number of rotatable bonds is 4. The molecule has 0 amide bonds. The van der Waals surface area contributed by atoms with Crippen LogP contribution in [0.3, 0.4) is 0 Å². The fourth-order valence-corrected chi connectivity index (χ4v) is 2.61. The van der Waals surface area contributed by atoms with Gasteiger partial charge in [0, 0.05) is 14.1 Å². The summed E-state index contributed by atoms with van der Waals surface area (Å²) >= 11 is 0. The normalized spacial score (nSPS) is 24.1. The number of hydrogen-bond acceptors (Lipinski definition) is 6. The van der Waals surface area contributed by atoms with Gasteiger partial charge in [-0.05, 0) is 0 Å². The van der Waals surface area contributed by atoms with Crippen LogP contribution in [0.25, 0.3) is 0 Å². The molecule has 96 valence electrons. The van der Waals surface area contributed by atoms with Gasteiger partial charge in [-0.1, -0.05) is 4.47 Å². The van der Waals surface area contributed by atoms with Crippen molar-refractivity contribution >= 4 is 20.3 Å². The van der Waals surface area contributed by atoms with E-state index in [0.717, 1.165) is 10.6 Å². The molecule has 1 saturated heterocycles. The van der Waals surface area contributed by atoms with Crippen LogP contribution in [0.2, 0.25) is 0 Å². The first-order valence-corrected chi connectivity index (χ1v) is 7.55. The fraction of sp³-hybridized carbons (Fsp3) is 1.00. The zero-order chi connectivity index (χ0) is 12.6. The molecule has 0 saturated carbocycles. The maximum absolute atomic E-state index is 11.6. The molecule has 0 radical (unpaired) electrons. The zero-order valence-corrected chi connectivity index (χ0v) is 10.8. The first kappa shape index (κ1) is 13.8. The SMILES string of the molecule is CN(C)S(=O)(=O)N1C[C@H](OS(C)(=O)=O)CO1. The van der Waals surface area contributed by atoms with Crippen LogP contribution in [0.15, 0.2) is 0 Å². The van der Waals surface area contributed by atoms with Crippen molar-refractivity contribution in [2.75, 3.05) is 33.5 Å². The van der Waals surface area contributed by atoms with Crippen molar-refractivity contribution in [1.29, 1.82) is 0 Å². The van der Waals surface area contributed by atoms with Gasteiger partial charge in [-0.3, -0.25) is 9.02 Å². The molecule has 0 N–H and O–H groups in total. The summed E-state index contributed by atoms with van der Waals surface area (Å²) in [6.45, 7) is -0.256. The monoisotopic (exact) mass is 274 g/mol. The number of hydroxylamine groups is 1. The standard InChI is InChI=1S/C6H14N2O6S2/c1-7(2)16(11,12)8-4-6(5-13-8)14-15(3,9)10/h6H,4-5H2,1-3H3/t6-/m0/s1. The highest BCUT2D eigenvalue weighted by atomic mass is 32.2. The molecule has 0 spiro atoms. The lowest BCUT2D eigenvalue weighted by Crippen LogP contribution is -2.38. The summed E-state index contributed by atoms with van der Waals surface area (Å²) in [6, 6.07) is 0. The predicted octanol–water partition coefficient (Wildman–Crippen LogP) is -1.62. The zero-order valence-electron chi connectivity index (χ0n) is 9.15. The second-order valence-corrected chi connectivity index (χ2v) is 7.13. The molecule has 0 aromatic heterocycles. The van der Waals surface area contributed by atoms with Gasteiger partial charge in [-0.15, -0.1) is 0 Å². The minimum absolute atomic E-state index is 0.111. The van der Waals surface area contributed by atoms with Gasteiger partial charge >= 0.3 is 10.2 Å². The molecule has 10 heteroatoms. The summed E-state index contributed by atoms with van der Waals surface area (Å²) in [5, 5.41) is 0. The molecule has 1 aliphatic heterocycles. The molecule has 0 bridgehead atoms.